The van der Waals surface area contributed by atoms with Gasteiger partial charge in [0.2, 0.25) is 17.7 Å². The molecule has 0 spiro atoms. The number of allylic oxidation sites excluding steroid dienone is 2. The predicted molar refractivity (Wildman–Crippen MR) is 99.7 cm³/mol. The quantitative estimate of drug-likeness (QED) is 0.517. The van der Waals surface area contributed by atoms with Crippen LogP contribution in [0.5, 0.6) is 0 Å². The van der Waals surface area contributed by atoms with E-state index in [1.54, 1.807) is 6.07 Å². The summed E-state index contributed by atoms with van der Waals surface area (Å²) in [4.78, 5) is 31.9. The predicted octanol–water partition coefficient (Wildman–Crippen LogP) is 3.81. The maximum Gasteiger partial charge on any atom is 0.238 e. The number of nitrogens with zero attached hydrogens (tertiary/aromatic N) is 2. The Hall–Kier alpha value is -3.21. The zero-order valence-electron chi connectivity index (χ0n) is 14.4. The number of hydrogen-bond acceptors (Lipinski definition) is 4. The molecule has 2 aliphatic carbocycles. The van der Waals surface area contributed by atoms with E-state index >= 15 is 0 Å². The van der Waals surface area contributed by atoms with Crippen LogP contribution in [0.4, 0.5) is 5.69 Å². The summed E-state index contributed by atoms with van der Waals surface area (Å²) in [6.45, 7) is 0. The van der Waals surface area contributed by atoms with Gasteiger partial charge in [0.15, 0.2) is 5.58 Å². The molecule has 1 saturated carbocycles. The lowest BCUT2D eigenvalue weighted by molar-refractivity contribution is -0.123. The van der Waals surface area contributed by atoms with Crippen LogP contribution in [0.1, 0.15) is 6.42 Å². The first kappa shape index (κ1) is 14.9. The molecule has 0 N–H and O–H groups in total. The van der Waals surface area contributed by atoms with E-state index in [4.69, 9.17) is 4.42 Å². The van der Waals surface area contributed by atoms with Crippen molar-refractivity contribution in [1.82, 2.24) is 4.98 Å². The SMILES string of the molecule is O=C1[C@@H]2[C@H](C(=O)N1c1cccc(-c3nc4ccccc4o3)c1)[C@@H]1C=C[C@@H]2C1. The Kier molecular flexibility index (Phi) is 2.85. The van der Waals surface area contributed by atoms with Crippen LogP contribution < -0.4 is 4.90 Å². The highest BCUT2D eigenvalue weighted by Gasteiger charge is 2.59. The van der Waals surface area contributed by atoms with Crippen LogP contribution in [-0.4, -0.2) is 16.8 Å². The van der Waals surface area contributed by atoms with Gasteiger partial charge < -0.3 is 4.42 Å². The van der Waals surface area contributed by atoms with Crippen molar-refractivity contribution in [3.8, 4) is 11.5 Å². The number of carbonyl (C=O) groups excluding carboxylic acids is 2. The van der Waals surface area contributed by atoms with Crippen LogP contribution in [0, 0.1) is 23.7 Å². The first-order chi connectivity index (χ1) is 13.2. The van der Waals surface area contributed by atoms with E-state index in [-0.39, 0.29) is 35.5 Å². The van der Waals surface area contributed by atoms with Crippen LogP contribution in [0.2, 0.25) is 0 Å². The van der Waals surface area contributed by atoms with Crippen LogP contribution in [0.15, 0.2) is 65.1 Å². The molecule has 27 heavy (non-hydrogen) atoms. The zero-order chi connectivity index (χ0) is 18.1. The minimum absolute atomic E-state index is 0.0726. The molecule has 0 unspecified atom stereocenters. The van der Waals surface area contributed by atoms with E-state index in [1.807, 2.05) is 42.5 Å². The number of rotatable bonds is 2. The summed E-state index contributed by atoms with van der Waals surface area (Å²) in [6, 6.07) is 14.9. The second-order valence-corrected chi connectivity index (χ2v) is 7.55. The van der Waals surface area contributed by atoms with Crippen molar-refractivity contribution in [2.75, 3.05) is 4.90 Å². The number of imide groups is 1. The van der Waals surface area contributed by atoms with E-state index < -0.39 is 0 Å². The van der Waals surface area contributed by atoms with E-state index in [0.717, 1.165) is 17.5 Å². The van der Waals surface area contributed by atoms with Gasteiger partial charge in [0.05, 0.1) is 17.5 Å². The van der Waals surface area contributed by atoms with Crippen molar-refractivity contribution in [3.05, 3.63) is 60.7 Å². The average molecular weight is 356 g/mol. The fraction of sp³-hybridized carbons (Fsp3) is 0.227. The van der Waals surface area contributed by atoms with Gasteiger partial charge in [0.25, 0.3) is 0 Å². The van der Waals surface area contributed by atoms with Gasteiger partial charge in [0.1, 0.15) is 5.52 Å². The summed E-state index contributed by atoms with van der Waals surface area (Å²) in [6.07, 6.45) is 5.15. The van der Waals surface area contributed by atoms with Gasteiger partial charge >= 0.3 is 0 Å². The van der Waals surface area contributed by atoms with Gasteiger partial charge in [-0.25, -0.2) is 9.88 Å². The van der Waals surface area contributed by atoms with Crippen LogP contribution in [0.3, 0.4) is 0 Å². The fourth-order valence-corrected chi connectivity index (χ4v) is 4.93. The second-order valence-electron chi connectivity index (χ2n) is 7.55. The molecule has 1 aromatic heterocycles. The van der Waals surface area contributed by atoms with Crippen molar-refractivity contribution in [3.63, 3.8) is 0 Å². The molecule has 3 aliphatic rings. The van der Waals surface area contributed by atoms with Crippen molar-refractivity contribution in [2.24, 2.45) is 23.7 Å². The third-order valence-corrected chi connectivity index (χ3v) is 6.12. The standard InChI is InChI=1S/C22H16N2O3/c25-21-18-12-8-9-13(10-12)19(18)22(26)24(21)15-5-3-4-14(11-15)20-23-16-6-1-2-7-17(16)27-20/h1-9,11-13,18-19H,10H2/t12-,13-,18-,19+/m1/s1. The average Bonchev–Trinajstić information content (AvgIpc) is 3.44. The molecule has 3 aromatic rings. The highest BCUT2D eigenvalue weighted by molar-refractivity contribution is 6.23. The number of oxazole rings is 1. The Balaban J connectivity index is 1.40. The van der Waals surface area contributed by atoms with Crippen molar-refractivity contribution < 1.29 is 14.0 Å². The lowest BCUT2D eigenvalue weighted by atomic mass is 9.85. The van der Waals surface area contributed by atoms with Crippen LogP contribution in [0.25, 0.3) is 22.6 Å². The maximum atomic E-state index is 13.0. The van der Waals surface area contributed by atoms with Gasteiger partial charge in [-0.15, -0.1) is 0 Å². The summed E-state index contributed by atoms with van der Waals surface area (Å²) in [5.41, 5.74) is 2.84. The molecule has 5 nitrogen and oxygen atoms in total. The Bertz CT molecular complexity index is 1080. The Morgan fingerprint density at radius 2 is 1.67 bits per heavy atom. The molecule has 2 amide bonds. The summed E-state index contributed by atoms with van der Waals surface area (Å²) in [5, 5.41) is 0. The van der Waals surface area contributed by atoms with E-state index in [9.17, 15) is 9.59 Å². The molecule has 1 saturated heterocycles. The second kappa shape index (κ2) is 5.16. The van der Waals surface area contributed by atoms with Gasteiger partial charge in [-0.2, -0.15) is 0 Å². The molecule has 2 aromatic carbocycles. The monoisotopic (exact) mass is 356 g/mol. The molecule has 2 fully saturated rings. The van der Waals surface area contributed by atoms with Gasteiger partial charge in [0, 0.05) is 5.56 Å². The van der Waals surface area contributed by atoms with Crippen molar-refractivity contribution in [1.29, 1.82) is 0 Å². The van der Waals surface area contributed by atoms with Crippen LogP contribution in [-0.2, 0) is 9.59 Å². The van der Waals surface area contributed by atoms with Crippen molar-refractivity contribution >= 4 is 28.6 Å². The lowest BCUT2D eigenvalue weighted by Gasteiger charge is -2.17. The maximum absolute atomic E-state index is 13.0. The number of carbonyl (C=O) groups is 2. The molecule has 4 atom stereocenters. The number of benzene rings is 2. The number of fused-ring (bicyclic) bond motifs is 6. The largest absolute Gasteiger partial charge is 0.436 e. The summed E-state index contributed by atoms with van der Waals surface area (Å²) in [5.74, 6) is 0.372. The highest BCUT2D eigenvalue weighted by Crippen LogP contribution is 2.53. The smallest absolute Gasteiger partial charge is 0.238 e. The third kappa shape index (κ3) is 1.97. The minimum atomic E-state index is -0.194. The summed E-state index contributed by atoms with van der Waals surface area (Å²) in [7, 11) is 0. The lowest BCUT2D eigenvalue weighted by Crippen LogP contribution is -2.32. The van der Waals surface area contributed by atoms with Crippen molar-refractivity contribution in [2.45, 2.75) is 6.42 Å². The Morgan fingerprint density at radius 1 is 0.926 bits per heavy atom. The molecular weight excluding hydrogens is 340 g/mol. The number of amides is 2. The Labute approximate surface area is 155 Å². The molecule has 5 heteroatoms. The molecular formula is C22H16N2O3. The zero-order valence-corrected chi connectivity index (χ0v) is 14.4. The van der Waals surface area contributed by atoms with Crippen LogP contribution >= 0.6 is 0 Å². The molecule has 0 radical (unpaired) electrons. The van der Waals surface area contributed by atoms with Gasteiger partial charge in [-0.1, -0.05) is 30.4 Å². The minimum Gasteiger partial charge on any atom is -0.436 e. The van der Waals surface area contributed by atoms with Gasteiger partial charge in [-0.3, -0.25) is 9.59 Å². The summed E-state index contributed by atoms with van der Waals surface area (Å²) < 4.78 is 5.83. The number of aromatic nitrogens is 1. The van der Waals surface area contributed by atoms with E-state index in [0.29, 0.717) is 17.2 Å². The number of hydrogen-bond donors (Lipinski definition) is 0. The first-order valence-electron chi connectivity index (χ1n) is 9.23. The molecule has 6 rings (SSSR count). The number of para-hydroxylation sites is 2. The van der Waals surface area contributed by atoms with E-state index in [2.05, 4.69) is 17.1 Å². The first-order valence-corrected chi connectivity index (χ1v) is 9.23. The number of anilines is 1. The third-order valence-electron chi connectivity index (χ3n) is 6.12. The van der Waals surface area contributed by atoms with Gasteiger partial charge in [-0.05, 0) is 48.6 Å². The normalized spacial score (nSPS) is 28.5. The molecule has 1 aliphatic heterocycles. The fourth-order valence-electron chi connectivity index (χ4n) is 4.93. The summed E-state index contributed by atoms with van der Waals surface area (Å²) >= 11 is 0. The van der Waals surface area contributed by atoms with E-state index in [1.165, 1.54) is 4.90 Å². The topological polar surface area (TPSA) is 63.4 Å². The molecule has 2 heterocycles. The molecule has 132 valence electrons. The highest BCUT2D eigenvalue weighted by atomic mass is 16.3. The Morgan fingerprint density at radius 3 is 2.41 bits per heavy atom. The molecule has 2 bridgehead atoms.